The number of nitrogens with zero attached hydrogens (tertiary/aromatic N) is 4. The molecule has 0 spiro atoms. The van der Waals surface area contributed by atoms with E-state index >= 15 is 0 Å². The summed E-state index contributed by atoms with van der Waals surface area (Å²) in [6, 6.07) is 23.4. The van der Waals surface area contributed by atoms with E-state index in [1.807, 2.05) is 42.5 Å². The van der Waals surface area contributed by atoms with Crippen molar-refractivity contribution in [3.05, 3.63) is 90.0 Å². The van der Waals surface area contributed by atoms with Gasteiger partial charge in [-0.3, -0.25) is 0 Å². The van der Waals surface area contributed by atoms with Gasteiger partial charge in [-0.15, -0.1) is 0 Å². The number of nitrogen functional groups attached to an aromatic ring is 1. The van der Waals surface area contributed by atoms with Crippen molar-refractivity contribution in [3.8, 4) is 0 Å². The first-order valence-corrected chi connectivity index (χ1v) is 12.4. The summed E-state index contributed by atoms with van der Waals surface area (Å²) in [6.45, 7) is 4.26. The van der Waals surface area contributed by atoms with E-state index in [4.69, 9.17) is 5.73 Å². The molecule has 2 heterocycles. The maximum atomic E-state index is 13.6. The largest absolute Gasteiger partial charge is 0.382 e. The lowest BCUT2D eigenvalue weighted by atomic mass is 10.0. The molecule has 0 saturated carbocycles. The first kappa shape index (κ1) is 21.8. The maximum Gasteiger partial charge on any atom is 0.212 e. The quantitative estimate of drug-likeness (QED) is 0.365. The minimum atomic E-state index is -3.96. The lowest BCUT2D eigenvalue weighted by molar-refractivity contribution is 0.597. The van der Waals surface area contributed by atoms with Crippen LogP contribution in [0.15, 0.2) is 93.8 Å². The highest BCUT2D eigenvalue weighted by Crippen LogP contribution is 2.35. The summed E-state index contributed by atoms with van der Waals surface area (Å²) in [4.78, 5) is 9.31. The van der Waals surface area contributed by atoms with E-state index in [1.54, 1.807) is 30.5 Å². The molecule has 5 rings (SSSR count). The minimum Gasteiger partial charge on any atom is -0.382 e. The van der Waals surface area contributed by atoms with Crippen LogP contribution in [0.5, 0.6) is 0 Å². The number of fused-ring (bicyclic) bond motifs is 2. The molecular weight excluding hydrogens is 446 g/mol. The van der Waals surface area contributed by atoms with E-state index < -0.39 is 9.84 Å². The van der Waals surface area contributed by atoms with Crippen molar-refractivity contribution in [2.24, 2.45) is 5.10 Å². The van der Waals surface area contributed by atoms with Crippen LogP contribution in [0.2, 0.25) is 0 Å². The zero-order valence-corrected chi connectivity index (χ0v) is 19.6. The molecule has 0 amide bonds. The second kappa shape index (κ2) is 8.39. The van der Waals surface area contributed by atoms with Crippen LogP contribution < -0.4 is 5.73 Å². The van der Waals surface area contributed by atoms with Crippen LogP contribution in [-0.2, 0) is 9.84 Å². The molecular formula is C26H23N5O2S. The summed E-state index contributed by atoms with van der Waals surface area (Å²) in [5, 5.41) is 4.51. The van der Waals surface area contributed by atoms with Crippen molar-refractivity contribution in [1.29, 1.82) is 0 Å². The Balaban J connectivity index is 1.73. The smallest absolute Gasteiger partial charge is 0.212 e. The van der Waals surface area contributed by atoms with E-state index in [1.165, 1.54) is 22.4 Å². The highest BCUT2D eigenvalue weighted by atomic mass is 32.2. The van der Waals surface area contributed by atoms with Crippen LogP contribution in [0.3, 0.4) is 0 Å². The number of benzene rings is 3. The van der Waals surface area contributed by atoms with E-state index in [9.17, 15) is 8.42 Å². The second-order valence-electron chi connectivity index (χ2n) is 8.29. The predicted octanol–water partition coefficient (Wildman–Crippen LogP) is 5.01. The summed E-state index contributed by atoms with van der Waals surface area (Å²) in [5.74, 6) is 0.383. The van der Waals surface area contributed by atoms with Crippen molar-refractivity contribution in [2.75, 3.05) is 5.73 Å². The molecule has 0 bridgehead atoms. The molecule has 170 valence electrons. The molecule has 0 unspecified atom stereocenters. The van der Waals surface area contributed by atoms with Gasteiger partial charge in [0.2, 0.25) is 9.84 Å². The Bertz CT molecular complexity index is 1640. The van der Waals surface area contributed by atoms with Crippen LogP contribution in [0.25, 0.3) is 22.2 Å². The average molecular weight is 470 g/mol. The molecule has 0 saturated heterocycles. The van der Waals surface area contributed by atoms with Gasteiger partial charge in [-0.25, -0.2) is 18.4 Å². The Hall–Kier alpha value is -4.04. The van der Waals surface area contributed by atoms with Gasteiger partial charge in [-0.05, 0) is 41.3 Å². The predicted molar refractivity (Wildman–Crippen MR) is 135 cm³/mol. The van der Waals surface area contributed by atoms with Crippen LogP contribution in [0, 0.1) is 0 Å². The van der Waals surface area contributed by atoms with Crippen molar-refractivity contribution < 1.29 is 8.42 Å². The fraction of sp³-hybridized carbons (Fsp3) is 0.115. The second-order valence-corrected chi connectivity index (χ2v) is 10.2. The summed E-state index contributed by atoms with van der Waals surface area (Å²) < 4.78 is 28.5. The van der Waals surface area contributed by atoms with Crippen LogP contribution in [0.1, 0.15) is 30.9 Å². The van der Waals surface area contributed by atoms with Crippen LogP contribution >= 0.6 is 0 Å². The number of nitrogens with two attached hydrogens (primary N) is 1. The fourth-order valence-electron chi connectivity index (χ4n) is 3.81. The molecule has 0 aliphatic carbocycles. The normalized spacial score (nSPS) is 12.3. The number of sulfone groups is 1. The lowest BCUT2D eigenvalue weighted by Crippen LogP contribution is -2.06. The molecule has 5 aromatic rings. The van der Waals surface area contributed by atoms with Gasteiger partial charge >= 0.3 is 0 Å². The molecule has 0 aliphatic rings. The molecule has 2 aromatic heterocycles. The number of aromatic nitrogens is 3. The van der Waals surface area contributed by atoms with Crippen molar-refractivity contribution in [1.82, 2.24) is 14.6 Å². The monoisotopic (exact) mass is 469 g/mol. The van der Waals surface area contributed by atoms with Crippen molar-refractivity contribution >= 4 is 44.1 Å². The highest BCUT2D eigenvalue weighted by molar-refractivity contribution is 7.92. The van der Waals surface area contributed by atoms with E-state index in [0.717, 1.165) is 5.56 Å². The summed E-state index contributed by atoms with van der Waals surface area (Å²) in [7, 11) is -3.96. The third kappa shape index (κ3) is 3.72. The van der Waals surface area contributed by atoms with Gasteiger partial charge in [0.1, 0.15) is 16.2 Å². The van der Waals surface area contributed by atoms with Gasteiger partial charge in [0.25, 0.3) is 0 Å². The number of anilines is 1. The molecule has 0 atom stereocenters. The number of rotatable bonds is 5. The lowest BCUT2D eigenvalue weighted by Gasteiger charge is -2.05. The highest BCUT2D eigenvalue weighted by Gasteiger charge is 2.30. The molecule has 0 radical (unpaired) electrons. The van der Waals surface area contributed by atoms with E-state index in [0.29, 0.717) is 17.0 Å². The van der Waals surface area contributed by atoms with Gasteiger partial charge in [-0.1, -0.05) is 68.4 Å². The Morgan fingerprint density at radius 1 is 0.882 bits per heavy atom. The summed E-state index contributed by atoms with van der Waals surface area (Å²) >= 11 is 0. The third-order valence-electron chi connectivity index (χ3n) is 5.68. The van der Waals surface area contributed by atoms with Crippen molar-refractivity contribution in [2.45, 2.75) is 29.6 Å². The maximum absolute atomic E-state index is 13.6. The summed E-state index contributed by atoms with van der Waals surface area (Å²) in [6.07, 6.45) is 1.63. The standard InChI is InChI=1S/C26H23N5O2S/c1-17(2)19-14-12-18(13-15-19)16-28-31-25(27)24(34(32,33)20-8-4-3-5-9-20)23-26(31)30-22-11-7-6-10-21(22)29-23/h3-17H,27H2,1-2H3/b28-16-. The van der Waals surface area contributed by atoms with Gasteiger partial charge in [-0.2, -0.15) is 9.78 Å². The Labute approximate surface area is 197 Å². The number of para-hydroxylation sites is 2. The average Bonchev–Trinajstić information content (AvgIpc) is 3.12. The molecule has 34 heavy (non-hydrogen) atoms. The number of hydrogen-bond donors (Lipinski definition) is 1. The minimum absolute atomic E-state index is 0.0378. The molecule has 7 nitrogen and oxygen atoms in total. The van der Waals surface area contributed by atoms with Gasteiger partial charge in [0, 0.05) is 0 Å². The van der Waals surface area contributed by atoms with E-state index in [2.05, 4.69) is 28.9 Å². The molecule has 8 heteroatoms. The SMILES string of the molecule is CC(C)c1ccc(/C=N\n2c(N)c(S(=O)(=O)c3ccccc3)c3nc4ccccc4nc32)cc1. The van der Waals surface area contributed by atoms with Gasteiger partial charge < -0.3 is 5.73 Å². The molecule has 3 aromatic carbocycles. The van der Waals surface area contributed by atoms with E-state index in [-0.39, 0.29) is 26.8 Å². The van der Waals surface area contributed by atoms with Crippen LogP contribution in [-0.4, -0.2) is 29.3 Å². The molecule has 2 N–H and O–H groups in total. The zero-order chi connectivity index (χ0) is 23.9. The van der Waals surface area contributed by atoms with Crippen molar-refractivity contribution in [3.63, 3.8) is 0 Å². The van der Waals surface area contributed by atoms with Crippen LogP contribution in [0.4, 0.5) is 5.82 Å². The van der Waals surface area contributed by atoms with Gasteiger partial charge in [0.15, 0.2) is 5.65 Å². The first-order valence-electron chi connectivity index (χ1n) is 10.9. The Morgan fingerprint density at radius 3 is 2.15 bits per heavy atom. The fourth-order valence-corrected chi connectivity index (χ4v) is 5.32. The summed E-state index contributed by atoms with van der Waals surface area (Å²) in [5.41, 5.74) is 10.2. The number of hydrogen-bond acceptors (Lipinski definition) is 6. The Kier molecular flexibility index (Phi) is 5.37. The zero-order valence-electron chi connectivity index (χ0n) is 18.8. The first-order chi connectivity index (χ1) is 16.4. The Morgan fingerprint density at radius 2 is 1.50 bits per heavy atom. The topological polar surface area (TPSA) is 103 Å². The third-order valence-corrected chi connectivity index (χ3v) is 7.51. The molecule has 0 aliphatic heterocycles. The molecule has 0 fully saturated rings. The van der Waals surface area contributed by atoms with Gasteiger partial charge in [0.05, 0.1) is 22.1 Å².